The lowest BCUT2D eigenvalue weighted by Crippen LogP contribution is -2.14. The van der Waals surface area contributed by atoms with E-state index < -0.39 is 0 Å². The van der Waals surface area contributed by atoms with Crippen LogP contribution in [0, 0.1) is 10.8 Å². The summed E-state index contributed by atoms with van der Waals surface area (Å²) in [5, 5.41) is 8.31. The van der Waals surface area contributed by atoms with Gasteiger partial charge in [0.1, 0.15) is 0 Å². The van der Waals surface area contributed by atoms with Gasteiger partial charge in [0.2, 0.25) is 0 Å². The normalized spacial score (nSPS) is 13.5. The molecule has 0 spiro atoms. The van der Waals surface area contributed by atoms with Crippen molar-refractivity contribution < 1.29 is 0 Å². The van der Waals surface area contributed by atoms with E-state index in [4.69, 9.17) is 0 Å². The van der Waals surface area contributed by atoms with Crippen LogP contribution in [0.25, 0.3) is 0 Å². The zero-order valence-electron chi connectivity index (χ0n) is 19.6. The molecule has 0 saturated heterocycles. The monoisotopic (exact) mass is 360 g/mol. The maximum absolute atomic E-state index is 4.15. The lowest BCUT2D eigenvalue weighted by molar-refractivity contribution is 0.392. The van der Waals surface area contributed by atoms with Gasteiger partial charge >= 0.3 is 0 Å². The Kier molecular flexibility index (Phi) is 8.73. The molecule has 2 heteroatoms. The molecule has 0 radical (unpaired) electrons. The fourth-order valence-corrected chi connectivity index (χ4v) is 1.99. The van der Waals surface area contributed by atoms with Gasteiger partial charge in [-0.15, -0.1) is 0 Å². The minimum Gasteiger partial charge on any atom is -0.194 e. The lowest BCUT2D eigenvalue weighted by atomic mass is 9.82. The van der Waals surface area contributed by atoms with Gasteiger partial charge in [-0.3, -0.25) is 0 Å². The zero-order valence-corrected chi connectivity index (χ0v) is 19.6. The van der Waals surface area contributed by atoms with Crippen LogP contribution < -0.4 is 0 Å². The molecule has 0 unspecified atom stereocenters. The molecular formula is C24H44N2. The number of hydrogen-bond acceptors (Lipinski definition) is 2. The molecule has 0 aliphatic heterocycles. The van der Waals surface area contributed by atoms with Crippen LogP contribution in [0.2, 0.25) is 0 Å². The first-order valence-corrected chi connectivity index (χ1v) is 9.86. The predicted molar refractivity (Wildman–Crippen MR) is 117 cm³/mol. The van der Waals surface area contributed by atoms with Crippen LogP contribution in [0.3, 0.4) is 0 Å². The van der Waals surface area contributed by atoms with Crippen molar-refractivity contribution in [2.45, 2.75) is 93.9 Å². The average molecular weight is 361 g/mol. The fourth-order valence-electron chi connectivity index (χ4n) is 1.99. The Balaban J connectivity index is 0.000000488. The molecule has 0 heterocycles. The highest BCUT2D eigenvalue weighted by Gasteiger charge is 2.16. The standard InChI is InChI=1S/C14H22.C10H22N2/c1-13(2,3)11-7-9-12(10-8-11)14(4,5)6;1-9(2,3)7-11-12-8-10(4,5)6/h7-10H,1-6H3;7-8H2,1-6H3. The maximum atomic E-state index is 4.15. The van der Waals surface area contributed by atoms with Crippen LogP contribution in [-0.4, -0.2) is 13.1 Å². The first kappa shape index (κ1) is 24.8. The van der Waals surface area contributed by atoms with Crippen molar-refractivity contribution in [1.29, 1.82) is 0 Å². The maximum Gasteiger partial charge on any atom is 0.0647 e. The van der Waals surface area contributed by atoms with Crippen molar-refractivity contribution in [1.82, 2.24) is 0 Å². The molecule has 1 aromatic carbocycles. The van der Waals surface area contributed by atoms with Crippen LogP contribution in [0.4, 0.5) is 0 Å². The fraction of sp³-hybridized carbons (Fsp3) is 0.750. The van der Waals surface area contributed by atoms with E-state index in [1.807, 2.05) is 0 Å². The highest BCUT2D eigenvalue weighted by molar-refractivity contribution is 5.30. The minimum absolute atomic E-state index is 0.260. The van der Waals surface area contributed by atoms with Crippen LogP contribution in [0.1, 0.15) is 94.2 Å². The topological polar surface area (TPSA) is 24.7 Å². The Morgan fingerprint density at radius 1 is 0.500 bits per heavy atom. The highest BCUT2D eigenvalue weighted by Crippen LogP contribution is 2.26. The molecule has 0 amide bonds. The van der Waals surface area contributed by atoms with Crippen molar-refractivity contribution >= 4 is 0 Å². The third-order valence-corrected chi connectivity index (χ3v) is 3.81. The van der Waals surface area contributed by atoms with E-state index in [0.717, 1.165) is 13.1 Å². The number of nitrogens with zero attached hydrogens (tertiary/aromatic N) is 2. The van der Waals surface area contributed by atoms with Gasteiger partial charge < -0.3 is 0 Å². The molecule has 26 heavy (non-hydrogen) atoms. The van der Waals surface area contributed by atoms with Gasteiger partial charge in [-0.25, -0.2) is 0 Å². The Morgan fingerprint density at radius 2 is 0.731 bits per heavy atom. The first-order chi connectivity index (χ1) is 11.4. The summed E-state index contributed by atoms with van der Waals surface area (Å²) in [5.41, 5.74) is 3.87. The SMILES string of the molecule is CC(C)(C)CN=NCC(C)(C)C.CC(C)(C)c1ccc(C(C)(C)C)cc1. The van der Waals surface area contributed by atoms with E-state index in [2.05, 4.69) is 118 Å². The second kappa shape index (κ2) is 9.15. The van der Waals surface area contributed by atoms with E-state index in [0.29, 0.717) is 0 Å². The highest BCUT2D eigenvalue weighted by atomic mass is 15.1. The van der Waals surface area contributed by atoms with Gasteiger partial charge in [0.25, 0.3) is 0 Å². The van der Waals surface area contributed by atoms with Crippen molar-refractivity contribution in [2.75, 3.05) is 13.1 Å². The molecule has 0 bridgehead atoms. The predicted octanol–water partition coefficient (Wildman–Crippen LogP) is 7.81. The average Bonchev–Trinajstić information content (AvgIpc) is 2.41. The summed E-state index contributed by atoms with van der Waals surface area (Å²) in [4.78, 5) is 0. The van der Waals surface area contributed by atoms with Crippen molar-refractivity contribution in [3.63, 3.8) is 0 Å². The minimum atomic E-state index is 0.260. The molecule has 150 valence electrons. The third kappa shape index (κ3) is 12.2. The molecule has 0 aliphatic rings. The van der Waals surface area contributed by atoms with E-state index in [1.54, 1.807) is 0 Å². The molecular weight excluding hydrogens is 316 g/mol. The summed E-state index contributed by atoms with van der Waals surface area (Å²) in [6.45, 7) is 28.2. The Morgan fingerprint density at radius 3 is 0.885 bits per heavy atom. The molecule has 0 aliphatic carbocycles. The van der Waals surface area contributed by atoms with Gasteiger partial charge in [0.15, 0.2) is 0 Å². The lowest BCUT2D eigenvalue weighted by Gasteiger charge is -2.23. The van der Waals surface area contributed by atoms with Gasteiger partial charge in [-0.05, 0) is 32.8 Å². The van der Waals surface area contributed by atoms with E-state index in [-0.39, 0.29) is 21.7 Å². The third-order valence-electron chi connectivity index (χ3n) is 3.81. The van der Waals surface area contributed by atoms with Crippen molar-refractivity contribution in [2.24, 2.45) is 21.1 Å². The van der Waals surface area contributed by atoms with E-state index in [9.17, 15) is 0 Å². The second-order valence-electron chi connectivity index (χ2n) is 11.8. The Bertz CT molecular complexity index is 487. The van der Waals surface area contributed by atoms with Crippen LogP contribution >= 0.6 is 0 Å². The zero-order chi connectivity index (χ0) is 20.8. The smallest absolute Gasteiger partial charge is 0.0647 e. The largest absolute Gasteiger partial charge is 0.194 e. The molecule has 1 aromatic rings. The molecule has 0 N–H and O–H groups in total. The van der Waals surface area contributed by atoms with E-state index >= 15 is 0 Å². The molecule has 0 fully saturated rings. The quantitative estimate of drug-likeness (QED) is 0.480. The number of benzene rings is 1. The summed E-state index contributed by atoms with van der Waals surface area (Å²) < 4.78 is 0. The van der Waals surface area contributed by atoms with Crippen molar-refractivity contribution in [3.05, 3.63) is 35.4 Å². The number of azo groups is 1. The number of rotatable bonds is 2. The van der Waals surface area contributed by atoms with Crippen LogP contribution in [0.5, 0.6) is 0 Å². The molecule has 0 saturated carbocycles. The molecule has 0 atom stereocenters. The summed E-state index contributed by atoms with van der Waals surface area (Å²) in [7, 11) is 0. The van der Waals surface area contributed by atoms with Crippen LogP contribution in [0.15, 0.2) is 34.5 Å². The second-order valence-corrected chi connectivity index (χ2v) is 11.8. The molecule has 1 rings (SSSR count). The summed E-state index contributed by atoms with van der Waals surface area (Å²) in [6, 6.07) is 9.00. The van der Waals surface area contributed by atoms with Gasteiger partial charge in [-0.2, -0.15) is 10.2 Å². The van der Waals surface area contributed by atoms with E-state index in [1.165, 1.54) is 11.1 Å². The van der Waals surface area contributed by atoms with Crippen LogP contribution in [-0.2, 0) is 10.8 Å². The summed E-state index contributed by atoms with van der Waals surface area (Å²) in [5.74, 6) is 0. The molecule has 0 aromatic heterocycles. The number of hydrogen-bond donors (Lipinski definition) is 0. The van der Waals surface area contributed by atoms with Gasteiger partial charge in [-0.1, -0.05) is 107 Å². The Labute approximate surface area is 163 Å². The Hall–Kier alpha value is -1.18. The van der Waals surface area contributed by atoms with Gasteiger partial charge in [0, 0.05) is 0 Å². The summed E-state index contributed by atoms with van der Waals surface area (Å²) >= 11 is 0. The summed E-state index contributed by atoms with van der Waals surface area (Å²) in [6.07, 6.45) is 0. The van der Waals surface area contributed by atoms with Gasteiger partial charge in [0.05, 0.1) is 13.1 Å². The van der Waals surface area contributed by atoms with Crippen molar-refractivity contribution in [3.8, 4) is 0 Å². The molecule has 2 nitrogen and oxygen atoms in total. The first-order valence-electron chi connectivity index (χ1n) is 9.86.